The van der Waals surface area contributed by atoms with Crippen molar-refractivity contribution >= 4 is 11.9 Å². The van der Waals surface area contributed by atoms with Crippen LogP contribution in [0.5, 0.6) is 0 Å². The second kappa shape index (κ2) is 8.06. The number of carbonyl (C=O) groups is 2. The predicted molar refractivity (Wildman–Crippen MR) is 129 cm³/mol. The number of cyclic esters (lactones) is 1. The lowest BCUT2D eigenvalue weighted by molar-refractivity contribution is -0.205. The number of hydrogen-bond acceptors (Lipinski definition) is 5. The Kier molecular flexibility index (Phi) is 5.46. The first-order chi connectivity index (χ1) is 16.2. The van der Waals surface area contributed by atoms with Gasteiger partial charge in [-0.25, -0.2) is 4.79 Å². The molecule has 1 saturated heterocycles. The minimum Gasteiger partial charge on any atom is -0.458 e. The van der Waals surface area contributed by atoms with Crippen LogP contribution in [0.1, 0.15) is 84.5 Å². The highest BCUT2D eigenvalue weighted by Gasteiger charge is 2.67. The van der Waals surface area contributed by atoms with Gasteiger partial charge < -0.3 is 20.5 Å². The third-order valence-corrected chi connectivity index (χ3v) is 11.7. The summed E-state index contributed by atoms with van der Waals surface area (Å²) < 4.78 is 5.25. The Morgan fingerprint density at radius 3 is 2.68 bits per heavy atom. The molecule has 5 fully saturated rings. The van der Waals surface area contributed by atoms with E-state index in [9.17, 15) is 14.7 Å². The van der Waals surface area contributed by atoms with Gasteiger partial charge >= 0.3 is 5.97 Å². The molecule has 9 atom stereocenters. The van der Waals surface area contributed by atoms with Crippen LogP contribution >= 0.6 is 0 Å². The molecule has 0 spiro atoms. The number of amides is 1. The molecule has 0 aromatic rings. The highest BCUT2D eigenvalue weighted by Crippen LogP contribution is 2.69. The molecule has 0 aromatic heterocycles. The summed E-state index contributed by atoms with van der Waals surface area (Å²) in [6, 6.07) is 0.296. The Hall–Kier alpha value is -1.40. The van der Waals surface area contributed by atoms with Crippen molar-refractivity contribution in [2.45, 2.75) is 102 Å². The molecule has 2 aliphatic heterocycles. The molecule has 6 heteroatoms. The van der Waals surface area contributed by atoms with Gasteiger partial charge in [-0.15, -0.1) is 0 Å². The van der Waals surface area contributed by atoms with E-state index in [1.807, 2.05) is 0 Å². The third-order valence-electron chi connectivity index (χ3n) is 11.7. The van der Waals surface area contributed by atoms with Gasteiger partial charge in [-0.05, 0) is 112 Å². The van der Waals surface area contributed by atoms with Crippen molar-refractivity contribution in [3.05, 3.63) is 11.6 Å². The summed E-state index contributed by atoms with van der Waals surface area (Å²) in [6.45, 7) is 6.15. The smallest absolute Gasteiger partial charge is 0.331 e. The van der Waals surface area contributed by atoms with Crippen molar-refractivity contribution < 1.29 is 19.4 Å². The Balaban J connectivity index is 1.18. The van der Waals surface area contributed by atoms with Crippen LogP contribution in [0.25, 0.3) is 0 Å². The maximum absolute atomic E-state index is 12.7. The lowest BCUT2D eigenvalue weighted by Gasteiger charge is -2.64. The van der Waals surface area contributed by atoms with E-state index in [0.717, 1.165) is 82.7 Å². The molecular weight excluding hydrogens is 428 g/mol. The van der Waals surface area contributed by atoms with E-state index >= 15 is 0 Å². The molecule has 34 heavy (non-hydrogen) atoms. The largest absolute Gasteiger partial charge is 0.458 e. The summed E-state index contributed by atoms with van der Waals surface area (Å²) in [7, 11) is 0. The second-order valence-corrected chi connectivity index (χ2v) is 12.9. The Labute approximate surface area is 203 Å². The molecule has 6 aliphatic rings. The van der Waals surface area contributed by atoms with Crippen LogP contribution in [-0.2, 0) is 14.3 Å². The van der Waals surface area contributed by atoms with Gasteiger partial charge in [-0.2, -0.15) is 0 Å². The van der Waals surface area contributed by atoms with Gasteiger partial charge in [0.25, 0.3) is 0 Å². The maximum atomic E-state index is 12.7. The fraction of sp³-hybridized carbons (Fsp3) is 0.857. The van der Waals surface area contributed by atoms with Gasteiger partial charge in [0.2, 0.25) is 5.91 Å². The number of hydrogen-bond donors (Lipinski definition) is 3. The molecule has 188 valence electrons. The van der Waals surface area contributed by atoms with E-state index in [2.05, 4.69) is 24.5 Å². The number of ether oxygens (including phenoxy) is 1. The van der Waals surface area contributed by atoms with E-state index in [1.54, 1.807) is 6.08 Å². The lowest BCUT2D eigenvalue weighted by Crippen LogP contribution is -2.63. The van der Waals surface area contributed by atoms with Crippen LogP contribution in [0.2, 0.25) is 0 Å². The van der Waals surface area contributed by atoms with Crippen LogP contribution in [0, 0.1) is 34.5 Å². The van der Waals surface area contributed by atoms with Crippen molar-refractivity contribution in [1.82, 2.24) is 10.6 Å². The van der Waals surface area contributed by atoms with Crippen LogP contribution in [-0.4, -0.2) is 47.8 Å². The van der Waals surface area contributed by atoms with Gasteiger partial charge in [0.15, 0.2) is 0 Å². The first kappa shape index (κ1) is 23.0. The highest BCUT2D eigenvalue weighted by atomic mass is 16.5. The quantitative estimate of drug-likeness (QED) is 0.550. The number of nitrogens with one attached hydrogen (secondary N) is 2. The molecule has 4 aliphatic carbocycles. The zero-order valence-corrected chi connectivity index (χ0v) is 20.9. The molecule has 0 aromatic carbocycles. The number of esters is 1. The fourth-order valence-electron chi connectivity index (χ4n) is 9.75. The van der Waals surface area contributed by atoms with E-state index in [0.29, 0.717) is 30.4 Å². The number of fused-ring (bicyclic) bond motifs is 5. The van der Waals surface area contributed by atoms with Gasteiger partial charge in [-0.1, -0.05) is 13.8 Å². The average Bonchev–Trinajstić information content (AvgIpc) is 3.54. The normalized spacial score (nSPS) is 50.1. The molecule has 2 heterocycles. The summed E-state index contributed by atoms with van der Waals surface area (Å²) in [5.74, 6) is 1.74. The van der Waals surface area contributed by atoms with Crippen molar-refractivity contribution in [3.63, 3.8) is 0 Å². The highest BCUT2D eigenvalue weighted by molar-refractivity contribution is 5.85. The Bertz CT molecular complexity index is 897. The zero-order chi connectivity index (χ0) is 23.7. The van der Waals surface area contributed by atoms with Gasteiger partial charge in [0, 0.05) is 17.5 Å². The van der Waals surface area contributed by atoms with Gasteiger partial charge in [-0.3, -0.25) is 4.79 Å². The Morgan fingerprint density at radius 2 is 1.94 bits per heavy atom. The number of rotatable bonds is 3. The first-order valence-corrected chi connectivity index (χ1v) is 13.9. The van der Waals surface area contributed by atoms with Crippen molar-refractivity contribution in [1.29, 1.82) is 0 Å². The molecule has 6 rings (SSSR count). The monoisotopic (exact) mass is 470 g/mol. The summed E-state index contributed by atoms with van der Waals surface area (Å²) in [6.07, 6.45) is 13.3. The molecule has 0 radical (unpaired) electrons. The van der Waals surface area contributed by atoms with Crippen LogP contribution in [0.3, 0.4) is 0 Å². The Morgan fingerprint density at radius 1 is 1.09 bits per heavy atom. The van der Waals surface area contributed by atoms with E-state index < -0.39 is 5.60 Å². The minimum absolute atomic E-state index is 0.000281. The molecule has 1 unspecified atom stereocenters. The SMILES string of the molecule is C[C@]12CC[C@H](NC(=O)C3CCCN3)C[C@H]1CC[C@@H]1[C@@H]2CC[C@]2(C)[C@@H](C3=CC(=O)OC3)CC[C@]12O. The van der Waals surface area contributed by atoms with Crippen LogP contribution in [0.4, 0.5) is 0 Å². The van der Waals surface area contributed by atoms with Gasteiger partial charge in [0.05, 0.1) is 11.6 Å². The lowest BCUT2D eigenvalue weighted by atomic mass is 9.43. The molecule has 0 bridgehead atoms. The van der Waals surface area contributed by atoms with E-state index in [4.69, 9.17) is 4.74 Å². The summed E-state index contributed by atoms with van der Waals surface area (Å²) in [5.41, 5.74) is 0.530. The minimum atomic E-state index is -0.653. The van der Waals surface area contributed by atoms with Crippen LogP contribution in [0.15, 0.2) is 11.6 Å². The standard InChI is InChI=1S/C28H42N2O4/c1-26-10-7-19(30-25(32)23-4-3-13-29-23)15-18(26)5-6-22-21(26)8-11-27(2)20(9-12-28(22,27)33)17-14-24(31)34-16-17/h14,18-23,29,33H,3-13,15-16H2,1-2H3,(H,30,32)/t18-,19+,20-,21+,22-,23?,26+,27-,28+/m1/s1. The molecule has 3 N–H and O–H groups in total. The fourth-order valence-corrected chi connectivity index (χ4v) is 9.75. The van der Waals surface area contributed by atoms with E-state index in [-0.39, 0.29) is 34.7 Å². The number of aliphatic hydroxyl groups is 1. The molecule has 1 amide bonds. The summed E-state index contributed by atoms with van der Waals surface area (Å²) in [4.78, 5) is 24.5. The average molecular weight is 471 g/mol. The van der Waals surface area contributed by atoms with Crippen LogP contribution < -0.4 is 10.6 Å². The van der Waals surface area contributed by atoms with Gasteiger partial charge in [0.1, 0.15) is 6.61 Å². The summed E-state index contributed by atoms with van der Waals surface area (Å²) >= 11 is 0. The molecule has 6 nitrogen and oxygen atoms in total. The summed E-state index contributed by atoms with van der Waals surface area (Å²) in [5, 5.41) is 19.1. The second-order valence-electron chi connectivity index (χ2n) is 12.9. The van der Waals surface area contributed by atoms with Crippen molar-refractivity contribution in [2.75, 3.05) is 13.2 Å². The first-order valence-electron chi connectivity index (χ1n) is 13.9. The zero-order valence-electron chi connectivity index (χ0n) is 20.9. The topological polar surface area (TPSA) is 87.7 Å². The van der Waals surface area contributed by atoms with Crippen molar-refractivity contribution in [2.24, 2.45) is 34.5 Å². The number of carbonyl (C=O) groups excluding carboxylic acids is 2. The third kappa shape index (κ3) is 3.27. The maximum Gasteiger partial charge on any atom is 0.331 e. The molecule has 4 saturated carbocycles. The predicted octanol–water partition coefficient (Wildman–Crippen LogP) is 3.48. The van der Waals surface area contributed by atoms with Crippen molar-refractivity contribution in [3.8, 4) is 0 Å². The van der Waals surface area contributed by atoms with E-state index in [1.165, 1.54) is 0 Å². The molecular formula is C28H42N2O4.